The number of aromatic nitrogens is 2. The Morgan fingerprint density at radius 3 is 2.35 bits per heavy atom. The second-order valence-electron chi connectivity index (χ2n) is 7.31. The van der Waals surface area contributed by atoms with Gasteiger partial charge in [0.15, 0.2) is 11.5 Å². The van der Waals surface area contributed by atoms with Crippen LogP contribution in [0.5, 0.6) is 11.5 Å². The van der Waals surface area contributed by atoms with Crippen molar-refractivity contribution in [3.8, 4) is 11.5 Å². The van der Waals surface area contributed by atoms with Gasteiger partial charge in [-0.15, -0.1) is 5.10 Å². The Bertz CT molecular complexity index is 706. The lowest BCUT2D eigenvalue weighted by Crippen LogP contribution is -2.64. The molecule has 0 saturated carbocycles. The van der Waals surface area contributed by atoms with E-state index in [4.69, 9.17) is 19.7 Å². The molecular formula is C17H23N3O3. The Morgan fingerprint density at radius 1 is 1.00 bits per heavy atom. The van der Waals surface area contributed by atoms with Crippen molar-refractivity contribution in [1.82, 2.24) is 10.4 Å². The van der Waals surface area contributed by atoms with Gasteiger partial charge in [0.1, 0.15) is 12.0 Å². The van der Waals surface area contributed by atoms with Gasteiger partial charge in [-0.2, -0.15) is 0 Å². The highest BCUT2D eigenvalue weighted by atomic mass is 16.7. The molecule has 0 amide bonds. The number of rotatable bonds is 4. The summed E-state index contributed by atoms with van der Waals surface area (Å²) in [4.78, 5) is 0. The quantitative estimate of drug-likeness (QED) is 0.933. The minimum Gasteiger partial charge on any atom is -0.454 e. The average molecular weight is 317 g/mol. The smallest absolute Gasteiger partial charge is 0.231 e. The molecule has 3 rings (SSSR count). The zero-order chi connectivity index (χ0) is 16.9. The van der Waals surface area contributed by atoms with Crippen molar-refractivity contribution in [2.24, 2.45) is 5.73 Å². The molecular weight excluding hydrogens is 294 g/mol. The zero-order valence-electron chi connectivity index (χ0n) is 14.2. The van der Waals surface area contributed by atoms with Gasteiger partial charge >= 0.3 is 0 Å². The molecule has 6 heteroatoms. The Morgan fingerprint density at radius 2 is 1.70 bits per heavy atom. The fourth-order valence-electron chi connectivity index (χ4n) is 3.07. The topological polar surface area (TPSA) is 83.4 Å². The van der Waals surface area contributed by atoms with E-state index < -0.39 is 11.0 Å². The highest BCUT2D eigenvalue weighted by Gasteiger charge is 2.52. The molecule has 0 aliphatic carbocycles. The molecule has 0 fully saturated rings. The fraction of sp³-hybridized carbons (Fsp3) is 0.529. The van der Waals surface area contributed by atoms with Crippen molar-refractivity contribution in [2.45, 2.75) is 51.0 Å². The van der Waals surface area contributed by atoms with E-state index in [0.29, 0.717) is 0 Å². The van der Waals surface area contributed by atoms with Gasteiger partial charge in [-0.1, -0.05) is 33.8 Å². The van der Waals surface area contributed by atoms with Crippen LogP contribution in [0.3, 0.4) is 0 Å². The molecule has 2 aromatic rings. The second-order valence-corrected chi connectivity index (χ2v) is 7.31. The van der Waals surface area contributed by atoms with Gasteiger partial charge < -0.3 is 19.7 Å². The van der Waals surface area contributed by atoms with Crippen LogP contribution in [-0.2, 0) is 10.8 Å². The number of nitrogens with two attached hydrogens (primary N) is 1. The highest BCUT2D eigenvalue weighted by Crippen LogP contribution is 2.47. The normalized spacial score (nSPS) is 17.1. The van der Waals surface area contributed by atoms with E-state index in [9.17, 15) is 0 Å². The van der Waals surface area contributed by atoms with Crippen molar-refractivity contribution in [3.05, 3.63) is 35.7 Å². The molecule has 1 aliphatic rings. The number of nitrogens with zero attached hydrogens (tertiary/aromatic N) is 2. The van der Waals surface area contributed by atoms with Gasteiger partial charge in [-0.25, -0.2) is 0 Å². The third-order valence-corrected chi connectivity index (χ3v) is 5.69. The van der Waals surface area contributed by atoms with Crippen molar-refractivity contribution >= 4 is 0 Å². The van der Waals surface area contributed by atoms with Crippen LogP contribution in [0.2, 0.25) is 0 Å². The molecule has 1 aromatic heterocycles. The summed E-state index contributed by atoms with van der Waals surface area (Å²) < 4.78 is 15.8. The first-order valence-corrected chi connectivity index (χ1v) is 7.64. The Kier molecular flexibility index (Phi) is 3.41. The van der Waals surface area contributed by atoms with E-state index in [-0.39, 0.29) is 12.2 Å². The van der Waals surface area contributed by atoms with Crippen molar-refractivity contribution in [1.29, 1.82) is 0 Å². The zero-order valence-corrected chi connectivity index (χ0v) is 14.2. The van der Waals surface area contributed by atoms with Crippen LogP contribution in [-0.4, -0.2) is 22.7 Å². The van der Waals surface area contributed by atoms with Crippen LogP contribution in [0.4, 0.5) is 0 Å². The minimum atomic E-state index is -0.633. The number of hydrogen-bond acceptors (Lipinski definition) is 6. The van der Waals surface area contributed by atoms with E-state index >= 15 is 0 Å². The highest BCUT2D eigenvalue weighted by molar-refractivity contribution is 5.48. The lowest BCUT2D eigenvalue weighted by molar-refractivity contribution is 0.164. The van der Waals surface area contributed by atoms with Gasteiger partial charge in [0, 0.05) is 21.6 Å². The van der Waals surface area contributed by atoms with Crippen LogP contribution in [0.15, 0.2) is 29.0 Å². The first-order chi connectivity index (χ1) is 10.7. The molecule has 124 valence electrons. The van der Waals surface area contributed by atoms with Crippen molar-refractivity contribution < 1.29 is 14.0 Å². The maximum atomic E-state index is 6.86. The molecule has 0 bridgehead atoms. The van der Waals surface area contributed by atoms with E-state index in [0.717, 1.165) is 22.8 Å². The van der Waals surface area contributed by atoms with Crippen LogP contribution in [0.1, 0.15) is 45.9 Å². The molecule has 0 spiro atoms. The lowest BCUT2D eigenvalue weighted by Gasteiger charge is -2.51. The molecule has 2 N–H and O–H groups in total. The molecule has 0 unspecified atom stereocenters. The predicted octanol–water partition coefficient (Wildman–Crippen LogP) is 2.77. The Labute approximate surface area is 135 Å². The molecule has 6 nitrogen and oxygen atoms in total. The van der Waals surface area contributed by atoms with Gasteiger partial charge in [-0.05, 0) is 24.6 Å². The van der Waals surface area contributed by atoms with E-state index in [1.807, 2.05) is 25.1 Å². The predicted molar refractivity (Wildman–Crippen MR) is 85.5 cm³/mol. The Hall–Kier alpha value is -2.08. The summed E-state index contributed by atoms with van der Waals surface area (Å²) in [5.41, 5.74) is 7.22. The number of benzene rings is 1. The molecule has 1 aromatic carbocycles. The van der Waals surface area contributed by atoms with Crippen LogP contribution >= 0.6 is 0 Å². The maximum Gasteiger partial charge on any atom is 0.231 e. The first kappa shape index (κ1) is 15.8. The van der Waals surface area contributed by atoms with Crippen LogP contribution in [0.25, 0.3) is 0 Å². The SMILES string of the molecule is CC(C)(c1ccc2c(c1)OCO2)[C@](C)(N)C(C)(C)c1conn1. The summed E-state index contributed by atoms with van der Waals surface area (Å²) in [5.74, 6) is 1.52. The summed E-state index contributed by atoms with van der Waals surface area (Å²) in [6.07, 6.45) is 1.56. The number of fused-ring (bicyclic) bond motifs is 1. The summed E-state index contributed by atoms with van der Waals surface area (Å²) in [6.45, 7) is 10.7. The molecule has 0 saturated heterocycles. The molecule has 1 aliphatic heterocycles. The van der Waals surface area contributed by atoms with E-state index in [1.54, 1.807) is 6.26 Å². The fourth-order valence-corrected chi connectivity index (χ4v) is 3.07. The number of ether oxygens (including phenoxy) is 2. The van der Waals surface area contributed by atoms with E-state index in [1.165, 1.54) is 0 Å². The number of hydrogen-bond donors (Lipinski definition) is 1. The third kappa shape index (κ3) is 2.20. The standard InChI is InChI=1S/C17H23N3O3/c1-15(2,11-6-7-12-13(8-11)22-10-21-12)17(5,18)16(3,4)14-9-23-20-19-14/h6-9H,10,18H2,1-5H3/t17-/m0/s1. The van der Waals surface area contributed by atoms with Gasteiger partial charge in [0.05, 0.1) is 0 Å². The molecule has 0 radical (unpaired) electrons. The van der Waals surface area contributed by atoms with Crippen molar-refractivity contribution in [3.63, 3.8) is 0 Å². The van der Waals surface area contributed by atoms with Gasteiger partial charge in [0.2, 0.25) is 6.79 Å². The lowest BCUT2D eigenvalue weighted by atomic mass is 9.57. The van der Waals surface area contributed by atoms with Gasteiger partial charge in [0.25, 0.3) is 0 Å². The minimum absolute atomic E-state index is 0.259. The maximum absolute atomic E-state index is 6.86. The summed E-state index contributed by atoms with van der Waals surface area (Å²) in [7, 11) is 0. The van der Waals surface area contributed by atoms with Crippen LogP contribution < -0.4 is 15.2 Å². The Balaban J connectivity index is 2.03. The molecule has 2 heterocycles. The van der Waals surface area contributed by atoms with Gasteiger partial charge in [-0.3, -0.25) is 0 Å². The van der Waals surface area contributed by atoms with E-state index in [2.05, 4.69) is 38.1 Å². The molecule has 1 atom stereocenters. The first-order valence-electron chi connectivity index (χ1n) is 7.64. The van der Waals surface area contributed by atoms with Crippen molar-refractivity contribution in [2.75, 3.05) is 6.79 Å². The summed E-state index contributed by atoms with van der Waals surface area (Å²) >= 11 is 0. The largest absolute Gasteiger partial charge is 0.454 e. The third-order valence-electron chi connectivity index (χ3n) is 5.69. The monoisotopic (exact) mass is 317 g/mol. The summed E-state index contributed by atoms with van der Waals surface area (Å²) in [5, 5.41) is 7.66. The van der Waals surface area contributed by atoms with Crippen LogP contribution in [0, 0.1) is 0 Å². The second kappa shape index (κ2) is 4.96. The summed E-state index contributed by atoms with van der Waals surface area (Å²) in [6, 6.07) is 5.97. The molecule has 23 heavy (non-hydrogen) atoms. The average Bonchev–Trinajstić information content (AvgIpc) is 3.17.